The number of carboxylic acids is 1. The van der Waals surface area contributed by atoms with Crippen LogP contribution >= 0.6 is 0 Å². The van der Waals surface area contributed by atoms with Crippen LogP contribution in [0.25, 0.3) is 0 Å². The van der Waals surface area contributed by atoms with Gasteiger partial charge in [0.05, 0.1) is 0 Å². The molecule has 2 aliphatic heterocycles. The Morgan fingerprint density at radius 3 is 2.89 bits per heavy atom. The Hall–Kier alpha value is -1.30. The number of amides is 2. The zero-order chi connectivity index (χ0) is 13.0. The number of carboxylic acid groups (broad SMARTS) is 1. The first-order chi connectivity index (χ1) is 8.68. The zero-order valence-corrected chi connectivity index (χ0v) is 10.4. The van der Waals surface area contributed by atoms with Gasteiger partial charge in [-0.1, -0.05) is 0 Å². The lowest BCUT2D eigenvalue weighted by Crippen LogP contribution is -2.46. The van der Waals surface area contributed by atoms with Gasteiger partial charge >= 0.3 is 12.0 Å². The van der Waals surface area contributed by atoms with Crippen molar-refractivity contribution in [2.75, 3.05) is 26.3 Å². The van der Waals surface area contributed by atoms with Crippen molar-refractivity contribution < 1.29 is 19.4 Å². The smallest absolute Gasteiger partial charge is 0.326 e. The van der Waals surface area contributed by atoms with Crippen LogP contribution in [0.5, 0.6) is 0 Å². The summed E-state index contributed by atoms with van der Waals surface area (Å²) < 4.78 is 5.26. The Labute approximate surface area is 106 Å². The van der Waals surface area contributed by atoms with Crippen molar-refractivity contribution in [3.63, 3.8) is 0 Å². The number of ether oxygens (including phenoxy) is 1. The second kappa shape index (κ2) is 6.04. The van der Waals surface area contributed by atoms with E-state index in [0.29, 0.717) is 25.4 Å². The van der Waals surface area contributed by atoms with Crippen LogP contribution in [0.15, 0.2) is 0 Å². The Bertz CT molecular complexity index is 315. The van der Waals surface area contributed by atoms with Crippen molar-refractivity contribution in [2.45, 2.75) is 31.7 Å². The molecule has 0 radical (unpaired) electrons. The van der Waals surface area contributed by atoms with E-state index in [0.717, 1.165) is 32.5 Å². The van der Waals surface area contributed by atoms with Crippen LogP contribution in [-0.2, 0) is 9.53 Å². The van der Waals surface area contributed by atoms with Gasteiger partial charge in [-0.3, -0.25) is 0 Å². The number of carbonyl (C=O) groups excluding carboxylic acids is 1. The molecule has 6 heteroatoms. The Morgan fingerprint density at radius 1 is 1.39 bits per heavy atom. The van der Waals surface area contributed by atoms with Crippen LogP contribution in [0.1, 0.15) is 25.7 Å². The third-order valence-electron chi connectivity index (χ3n) is 3.65. The molecule has 0 aromatic carbocycles. The maximum absolute atomic E-state index is 11.9. The van der Waals surface area contributed by atoms with Gasteiger partial charge in [-0.15, -0.1) is 0 Å². The fourth-order valence-electron chi connectivity index (χ4n) is 2.56. The third-order valence-corrected chi connectivity index (χ3v) is 3.65. The molecule has 2 amide bonds. The molecule has 0 saturated carbocycles. The molecular weight excluding hydrogens is 236 g/mol. The summed E-state index contributed by atoms with van der Waals surface area (Å²) >= 11 is 0. The molecule has 0 aromatic rings. The molecule has 2 saturated heterocycles. The van der Waals surface area contributed by atoms with Gasteiger partial charge in [0.2, 0.25) is 0 Å². The van der Waals surface area contributed by atoms with Crippen LogP contribution in [0.2, 0.25) is 0 Å². The van der Waals surface area contributed by atoms with Crippen LogP contribution in [0.4, 0.5) is 4.79 Å². The van der Waals surface area contributed by atoms with Crippen molar-refractivity contribution in [3.8, 4) is 0 Å². The summed E-state index contributed by atoms with van der Waals surface area (Å²) in [5.74, 6) is -0.383. The number of likely N-dealkylation sites (tertiary alicyclic amines) is 1. The summed E-state index contributed by atoms with van der Waals surface area (Å²) in [7, 11) is 0. The molecule has 0 aliphatic carbocycles. The van der Waals surface area contributed by atoms with Crippen LogP contribution < -0.4 is 5.32 Å². The van der Waals surface area contributed by atoms with Crippen LogP contribution in [0.3, 0.4) is 0 Å². The van der Waals surface area contributed by atoms with Crippen LogP contribution in [0, 0.1) is 5.92 Å². The predicted molar refractivity (Wildman–Crippen MR) is 64.3 cm³/mol. The van der Waals surface area contributed by atoms with E-state index in [1.54, 1.807) is 0 Å². The first-order valence-electron chi connectivity index (χ1n) is 6.53. The fraction of sp³-hybridized carbons (Fsp3) is 0.833. The molecule has 0 aromatic heterocycles. The third kappa shape index (κ3) is 3.13. The number of hydrogen-bond acceptors (Lipinski definition) is 3. The quantitative estimate of drug-likeness (QED) is 0.775. The molecule has 2 rings (SSSR count). The first-order valence-corrected chi connectivity index (χ1v) is 6.53. The molecule has 102 valence electrons. The molecule has 2 fully saturated rings. The van der Waals surface area contributed by atoms with E-state index in [1.165, 1.54) is 4.90 Å². The minimum absolute atomic E-state index is 0.251. The standard InChI is InChI=1S/C12H20N2O4/c15-11(16)10-2-1-6-14(10)12(17)13-5-3-9-4-7-18-8-9/h9-10H,1-8H2,(H,13,17)(H,15,16). The average Bonchev–Trinajstić information content (AvgIpc) is 2.99. The highest BCUT2D eigenvalue weighted by Gasteiger charge is 2.33. The highest BCUT2D eigenvalue weighted by Crippen LogP contribution is 2.18. The summed E-state index contributed by atoms with van der Waals surface area (Å²) in [6.45, 7) is 2.72. The van der Waals surface area contributed by atoms with E-state index >= 15 is 0 Å². The molecule has 2 atom stereocenters. The lowest BCUT2D eigenvalue weighted by molar-refractivity contribution is -0.141. The molecular formula is C12H20N2O4. The average molecular weight is 256 g/mol. The summed E-state index contributed by atoms with van der Waals surface area (Å²) in [4.78, 5) is 24.2. The molecule has 2 heterocycles. The van der Waals surface area contributed by atoms with E-state index in [4.69, 9.17) is 9.84 Å². The van der Waals surface area contributed by atoms with Gasteiger partial charge in [-0.05, 0) is 31.6 Å². The van der Waals surface area contributed by atoms with E-state index in [-0.39, 0.29) is 6.03 Å². The largest absolute Gasteiger partial charge is 0.480 e. The van der Waals surface area contributed by atoms with Crippen molar-refractivity contribution in [3.05, 3.63) is 0 Å². The number of rotatable bonds is 4. The Kier molecular flexibility index (Phi) is 4.41. The highest BCUT2D eigenvalue weighted by atomic mass is 16.5. The molecule has 0 spiro atoms. The van der Waals surface area contributed by atoms with E-state index in [1.807, 2.05) is 0 Å². The second-order valence-electron chi connectivity index (χ2n) is 4.94. The number of nitrogens with one attached hydrogen (secondary N) is 1. The number of carbonyl (C=O) groups is 2. The predicted octanol–water partition coefficient (Wildman–Crippen LogP) is 0.672. The first kappa shape index (κ1) is 13.1. The number of nitrogens with zero attached hydrogens (tertiary/aromatic N) is 1. The van der Waals surface area contributed by atoms with Crippen molar-refractivity contribution in [1.82, 2.24) is 10.2 Å². The van der Waals surface area contributed by atoms with Gasteiger partial charge in [-0.25, -0.2) is 9.59 Å². The van der Waals surface area contributed by atoms with Crippen molar-refractivity contribution in [1.29, 1.82) is 0 Å². The van der Waals surface area contributed by atoms with Crippen LogP contribution in [-0.4, -0.2) is 54.4 Å². The van der Waals surface area contributed by atoms with Gasteiger partial charge in [-0.2, -0.15) is 0 Å². The van der Waals surface area contributed by atoms with Gasteiger partial charge in [0, 0.05) is 26.3 Å². The van der Waals surface area contributed by atoms with E-state index in [2.05, 4.69) is 5.32 Å². The lowest BCUT2D eigenvalue weighted by Gasteiger charge is -2.22. The molecule has 0 bridgehead atoms. The maximum atomic E-state index is 11.9. The minimum atomic E-state index is -0.910. The normalized spacial score (nSPS) is 27.4. The molecule has 6 nitrogen and oxygen atoms in total. The molecule has 18 heavy (non-hydrogen) atoms. The summed E-state index contributed by atoms with van der Waals surface area (Å²) in [6.07, 6.45) is 3.27. The minimum Gasteiger partial charge on any atom is -0.480 e. The highest BCUT2D eigenvalue weighted by molar-refractivity contribution is 5.83. The monoisotopic (exact) mass is 256 g/mol. The number of hydrogen-bond donors (Lipinski definition) is 2. The summed E-state index contributed by atoms with van der Waals surface area (Å²) in [5, 5.41) is 11.8. The van der Waals surface area contributed by atoms with E-state index in [9.17, 15) is 9.59 Å². The zero-order valence-electron chi connectivity index (χ0n) is 10.4. The lowest BCUT2D eigenvalue weighted by atomic mass is 10.1. The van der Waals surface area contributed by atoms with Crippen molar-refractivity contribution in [2.24, 2.45) is 5.92 Å². The number of aliphatic carboxylic acids is 1. The number of urea groups is 1. The second-order valence-corrected chi connectivity index (χ2v) is 4.94. The summed E-state index contributed by atoms with van der Waals surface area (Å²) in [6, 6.07) is -0.904. The van der Waals surface area contributed by atoms with E-state index < -0.39 is 12.0 Å². The van der Waals surface area contributed by atoms with Gasteiger partial charge in [0.1, 0.15) is 6.04 Å². The SMILES string of the molecule is O=C(O)C1CCCN1C(=O)NCCC1CCOC1. The Morgan fingerprint density at radius 2 is 2.22 bits per heavy atom. The molecule has 2 N–H and O–H groups in total. The maximum Gasteiger partial charge on any atom is 0.326 e. The van der Waals surface area contributed by atoms with Gasteiger partial charge < -0.3 is 20.1 Å². The van der Waals surface area contributed by atoms with Gasteiger partial charge in [0.25, 0.3) is 0 Å². The molecule has 2 aliphatic rings. The Balaban J connectivity index is 1.71. The van der Waals surface area contributed by atoms with Crippen molar-refractivity contribution >= 4 is 12.0 Å². The summed E-state index contributed by atoms with van der Waals surface area (Å²) in [5.41, 5.74) is 0. The fourth-order valence-corrected chi connectivity index (χ4v) is 2.56. The molecule has 2 unspecified atom stereocenters. The van der Waals surface area contributed by atoms with Gasteiger partial charge in [0.15, 0.2) is 0 Å². The topological polar surface area (TPSA) is 78.9 Å².